The summed E-state index contributed by atoms with van der Waals surface area (Å²) in [6.45, 7) is 2.16. The molecule has 0 saturated heterocycles. The van der Waals surface area contributed by atoms with Gasteiger partial charge < -0.3 is 5.73 Å². The largest absolute Gasteiger partial charge is 0.326 e. The van der Waals surface area contributed by atoms with Crippen molar-refractivity contribution >= 4 is 54.6 Å². The number of aryl methyl sites for hydroxylation is 1. The second-order valence-electron chi connectivity index (χ2n) is 4.14. The molecule has 0 atom stereocenters. The first kappa shape index (κ1) is 15.8. The van der Waals surface area contributed by atoms with E-state index in [9.17, 15) is 8.42 Å². The van der Waals surface area contributed by atoms with E-state index >= 15 is 0 Å². The summed E-state index contributed by atoms with van der Waals surface area (Å²) >= 11 is 10.7. The molecule has 4 nitrogen and oxygen atoms in total. The number of thiophene rings is 1. The molecule has 0 bridgehead atoms. The van der Waals surface area contributed by atoms with Crippen LogP contribution < -0.4 is 10.5 Å². The third-order valence-electron chi connectivity index (χ3n) is 2.63. The molecule has 0 saturated carbocycles. The van der Waals surface area contributed by atoms with Crippen LogP contribution in [0.3, 0.4) is 0 Å². The highest BCUT2D eigenvalue weighted by molar-refractivity contribution is 9.10. The molecule has 108 valence electrons. The molecular formula is C12H12BrClN2O2S2. The van der Waals surface area contributed by atoms with Crippen molar-refractivity contribution in [3.8, 4) is 0 Å². The molecular weight excluding hydrogens is 384 g/mol. The van der Waals surface area contributed by atoms with E-state index in [4.69, 9.17) is 17.3 Å². The average molecular weight is 396 g/mol. The number of nitrogens with two attached hydrogens (primary N) is 1. The highest BCUT2D eigenvalue weighted by Crippen LogP contribution is 2.31. The molecule has 0 amide bonds. The molecule has 3 N–H and O–H groups in total. The zero-order chi connectivity index (χ0) is 14.9. The SMILES string of the molecule is Cc1cc(Br)c(NS(=O)(=O)c2csc(CN)c2)cc1Cl. The van der Waals surface area contributed by atoms with Gasteiger partial charge in [0, 0.05) is 26.3 Å². The van der Waals surface area contributed by atoms with Crippen LogP contribution in [0.2, 0.25) is 5.02 Å². The molecule has 1 aromatic heterocycles. The fourth-order valence-corrected chi connectivity index (χ4v) is 4.61. The normalized spacial score (nSPS) is 11.6. The quantitative estimate of drug-likeness (QED) is 0.828. The molecule has 0 aliphatic heterocycles. The Bertz CT molecular complexity index is 744. The molecule has 0 spiro atoms. The Hall–Kier alpha value is -0.600. The van der Waals surface area contributed by atoms with Crippen molar-refractivity contribution in [1.29, 1.82) is 0 Å². The Kier molecular flexibility index (Phi) is 4.76. The standard InChI is InChI=1S/C12H12BrClN2O2S2/c1-7-2-10(13)12(4-11(7)14)16-20(17,18)9-3-8(5-15)19-6-9/h2-4,6,16H,5,15H2,1H3. The van der Waals surface area contributed by atoms with Crippen molar-refractivity contribution in [2.75, 3.05) is 4.72 Å². The van der Waals surface area contributed by atoms with E-state index in [1.54, 1.807) is 23.6 Å². The lowest BCUT2D eigenvalue weighted by Gasteiger charge is -2.10. The lowest BCUT2D eigenvalue weighted by molar-refractivity contribution is 0.601. The van der Waals surface area contributed by atoms with Crippen molar-refractivity contribution in [1.82, 2.24) is 0 Å². The Morgan fingerprint density at radius 1 is 1.40 bits per heavy atom. The van der Waals surface area contributed by atoms with Crippen LogP contribution >= 0.6 is 38.9 Å². The van der Waals surface area contributed by atoms with Gasteiger partial charge >= 0.3 is 0 Å². The Morgan fingerprint density at radius 3 is 2.70 bits per heavy atom. The van der Waals surface area contributed by atoms with E-state index in [-0.39, 0.29) is 4.90 Å². The Balaban J connectivity index is 2.35. The maximum absolute atomic E-state index is 12.3. The Labute approximate surface area is 135 Å². The first-order chi connectivity index (χ1) is 9.33. The van der Waals surface area contributed by atoms with Crippen molar-refractivity contribution in [2.45, 2.75) is 18.4 Å². The van der Waals surface area contributed by atoms with Gasteiger partial charge in [0.25, 0.3) is 10.0 Å². The highest BCUT2D eigenvalue weighted by Gasteiger charge is 2.18. The highest BCUT2D eigenvalue weighted by atomic mass is 79.9. The summed E-state index contributed by atoms with van der Waals surface area (Å²) in [6.07, 6.45) is 0. The van der Waals surface area contributed by atoms with Crippen LogP contribution in [-0.4, -0.2) is 8.42 Å². The average Bonchev–Trinajstić information content (AvgIpc) is 2.85. The summed E-state index contributed by atoms with van der Waals surface area (Å²) < 4.78 is 27.7. The predicted molar refractivity (Wildman–Crippen MR) is 86.9 cm³/mol. The van der Waals surface area contributed by atoms with E-state index in [1.807, 2.05) is 6.92 Å². The topological polar surface area (TPSA) is 72.2 Å². The van der Waals surface area contributed by atoms with E-state index < -0.39 is 10.0 Å². The molecule has 8 heteroatoms. The van der Waals surface area contributed by atoms with Crippen molar-refractivity contribution in [3.63, 3.8) is 0 Å². The summed E-state index contributed by atoms with van der Waals surface area (Å²) in [5, 5.41) is 2.06. The first-order valence-electron chi connectivity index (χ1n) is 5.59. The second-order valence-corrected chi connectivity index (χ2v) is 8.08. The van der Waals surface area contributed by atoms with Gasteiger partial charge in [-0.3, -0.25) is 4.72 Å². The number of benzene rings is 1. The number of rotatable bonds is 4. The summed E-state index contributed by atoms with van der Waals surface area (Å²) in [5.74, 6) is 0. The molecule has 2 aromatic rings. The minimum absolute atomic E-state index is 0.201. The first-order valence-corrected chi connectivity index (χ1v) is 9.13. The van der Waals surface area contributed by atoms with Gasteiger partial charge in [0.05, 0.1) is 10.6 Å². The number of sulfonamides is 1. The maximum atomic E-state index is 12.3. The number of halogens is 2. The van der Waals surface area contributed by atoms with E-state index in [0.29, 0.717) is 21.7 Å². The Morgan fingerprint density at radius 2 is 2.10 bits per heavy atom. The van der Waals surface area contributed by atoms with Crippen molar-refractivity contribution < 1.29 is 8.42 Å². The minimum Gasteiger partial charge on any atom is -0.326 e. The molecule has 0 unspecified atom stereocenters. The molecule has 2 rings (SSSR count). The predicted octanol–water partition coefficient (Wildman–Crippen LogP) is 3.73. The van der Waals surface area contributed by atoms with Crippen LogP contribution in [-0.2, 0) is 16.6 Å². The van der Waals surface area contributed by atoms with Gasteiger partial charge in [-0.15, -0.1) is 11.3 Å². The molecule has 1 heterocycles. The third-order valence-corrected chi connectivity index (χ3v) is 6.15. The number of hydrogen-bond acceptors (Lipinski definition) is 4. The van der Waals surface area contributed by atoms with Crippen LogP contribution in [0.1, 0.15) is 10.4 Å². The van der Waals surface area contributed by atoms with Gasteiger partial charge in [-0.2, -0.15) is 0 Å². The smallest absolute Gasteiger partial charge is 0.262 e. The number of anilines is 1. The van der Waals surface area contributed by atoms with Crippen LogP contribution in [0.4, 0.5) is 5.69 Å². The van der Waals surface area contributed by atoms with Gasteiger partial charge in [-0.1, -0.05) is 11.6 Å². The maximum Gasteiger partial charge on any atom is 0.262 e. The number of hydrogen-bond donors (Lipinski definition) is 2. The van der Waals surface area contributed by atoms with E-state index in [1.165, 1.54) is 11.3 Å². The summed E-state index contributed by atoms with van der Waals surface area (Å²) in [6, 6.07) is 4.91. The monoisotopic (exact) mass is 394 g/mol. The second kappa shape index (κ2) is 6.03. The third kappa shape index (κ3) is 3.35. The van der Waals surface area contributed by atoms with Crippen LogP contribution in [0, 0.1) is 6.92 Å². The van der Waals surface area contributed by atoms with Crippen LogP contribution in [0.25, 0.3) is 0 Å². The summed E-state index contributed by atoms with van der Waals surface area (Å²) in [7, 11) is -3.64. The van der Waals surface area contributed by atoms with Crippen LogP contribution in [0.15, 0.2) is 32.9 Å². The molecule has 0 radical (unpaired) electrons. The zero-order valence-corrected chi connectivity index (χ0v) is 14.5. The minimum atomic E-state index is -3.64. The molecule has 20 heavy (non-hydrogen) atoms. The molecule has 0 fully saturated rings. The fourth-order valence-electron chi connectivity index (χ4n) is 1.54. The van der Waals surface area contributed by atoms with Gasteiger partial charge in [0.1, 0.15) is 0 Å². The van der Waals surface area contributed by atoms with E-state index in [2.05, 4.69) is 20.7 Å². The summed E-state index contributed by atoms with van der Waals surface area (Å²) in [5.41, 5.74) is 6.76. The van der Waals surface area contributed by atoms with Gasteiger partial charge in [0.2, 0.25) is 0 Å². The number of nitrogens with one attached hydrogen (secondary N) is 1. The van der Waals surface area contributed by atoms with Gasteiger partial charge in [-0.25, -0.2) is 8.42 Å². The van der Waals surface area contributed by atoms with Gasteiger partial charge in [-0.05, 0) is 46.6 Å². The van der Waals surface area contributed by atoms with Crippen molar-refractivity contribution in [3.05, 3.63) is 43.5 Å². The van der Waals surface area contributed by atoms with E-state index in [0.717, 1.165) is 10.4 Å². The van der Waals surface area contributed by atoms with Crippen LogP contribution in [0.5, 0.6) is 0 Å². The molecule has 0 aliphatic rings. The lowest BCUT2D eigenvalue weighted by atomic mass is 10.2. The fraction of sp³-hybridized carbons (Fsp3) is 0.167. The van der Waals surface area contributed by atoms with Gasteiger partial charge in [0.15, 0.2) is 0 Å². The molecule has 0 aliphatic carbocycles. The summed E-state index contributed by atoms with van der Waals surface area (Å²) in [4.78, 5) is 1.01. The zero-order valence-electron chi connectivity index (χ0n) is 10.5. The lowest BCUT2D eigenvalue weighted by Crippen LogP contribution is -2.12. The molecule has 1 aromatic carbocycles. The van der Waals surface area contributed by atoms with Crippen molar-refractivity contribution in [2.24, 2.45) is 5.73 Å².